The van der Waals surface area contributed by atoms with E-state index in [-0.39, 0.29) is 42.6 Å². The molecule has 2 amide bonds. The first kappa shape index (κ1) is 28.8. The van der Waals surface area contributed by atoms with Crippen LogP contribution in [-0.4, -0.2) is 66.6 Å². The molecule has 2 N–H and O–H groups in total. The van der Waals surface area contributed by atoms with E-state index in [0.29, 0.717) is 5.56 Å². The number of alkyl halides is 2. The fourth-order valence-electron chi connectivity index (χ4n) is 4.50. The maximum absolute atomic E-state index is 13.6. The molecule has 1 aliphatic carbocycles. The van der Waals surface area contributed by atoms with Gasteiger partial charge >= 0.3 is 12.0 Å². The van der Waals surface area contributed by atoms with Gasteiger partial charge in [0.05, 0.1) is 33.5 Å². The fourth-order valence-corrected chi connectivity index (χ4v) is 4.50. The minimum Gasteiger partial charge on any atom is -0.496 e. The van der Waals surface area contributed by atoms with Crippen molar-refractivity contribution >= 4 is 17.8 Å². The number of hydrogen-bond donors (Lipinski definition) is 2. The van der Waals surface area contributed by atoms with Gasteiger partial charge in [-0.25, -0.2) is 18.4 Å². The molecule has 0 radical (unpaired) electrons. The molecule has 0 aromatic heterocycles. The number of nitrogens with one attached hydrogen (secondary N) is 1. The lowest BCUT2D eigenvalue weighted by atomic mass is 9.73. The van der Waals surface area contributed by atoms with E-state index in [4.69, 9.17) is 14.2 Å². The number of Topliss-reactive ketones (excluding diaryl/α,β-unsaturated/α-hetero) is 1. The predicted molar refractivity (Wildman–Crippen MR) is 134 cm³/mol. The quantitative estimate of drug-likeness (QED) is 0.306. The maximum Gasteiger partial charge on any atom is 0.329 e. The third-order valence-electron chi connectivity index (χ3n) is 6.56. The number of nitrogens with zero attached hydrogens (tertiary/aromatic N) is 1. The van der Waals surface area contributed by atoms with Crippen molar-refractivity contribution in [2.75, 3.05) is 27.4 Å². The van der Waals surface area contributed by atoms with Crippen LogP contribution in [0.4, 0.5) is 13.6 Å². The summed E-state index contributed by atoms with van der Waals surface area (Å²) in [4.78, 5) is 38.6. The van der Waals surface area contributed by atoms with Crippen LogP contribution in [0.3, 0.4) is 0 Å². The number of carbonyl (C=O) groups is 3. The molecule has 1 unspecified atom stereocenters. The molecule has 1 aliphatic rings. The van der Waals surface area contributed by atoms with Crippen LogP contribution < -0.4 is 14.8 Å². The molecule has 0 spiro atoms. The summed E-state index contributed by atoms with van der Waals surface area (Å²) in [6, 6.07) is 11.0. The summed E-state index contributed by atoms with van der Waals surface area (Å²) in [5.41, 5.74) is -0.399. The van der Waals surface area contributed by atoms with E-state index in [2.05, 4.69) is 5.32 Å². The van der Waals surface area contributed by atoms with Gasteiger partial charge in [0, 0.05) is 19.4 Å². The summed E-state index contributed by atoms with van der Waals surface area (Å²) in [6.45, 7) is 3.44. The first-order valence-electron chi connectivity index (χ1n) is 12.0. The second kappa shape index (κ2) is 11.8. The topological polar surface area (TPSA) is 114 Å². The van der Waals surface area contributed by atoms with Crippen molar-refractivity contribution in [1.29, 1.82) is 0 Å². The number of carbonyl (C=O) groups excluding carboxylic acids is 2. The average molecular weight is 535 g/mol. The number of methoxy groups -OCH3 is 2. The van der Waals surface area contributed by atoms with Crippen molar-refractivity contribution < 1.29 is 42.5 Å². The predicted octanol–water partition coefficient (Wildman–Crippen LogP) is 4.45. The number of ketones is 1. The number of rotatable bonds is 12. The van der Waals surface area contributed by atoms with Crippen LogP contribution in [0.25, 0.3) is 0 Å². The second-order valence-electron chi connectivity index (χ2n) is 9.29. The molecule has 0 bridgehead atoms. The Hall–Kier alpha value is -3.73. The SMILES string of the molecule is COc1cc(C(C)N(CCOCc2ccccc2)C(=O)NC2(C(=O)O)CC(F)(F)C2)cc(OC)c1C(C)=O. The zero-order valence-corrected chi connectivity index (χ0v) is 21.8. The average Bonchev–Trinajstić information content (AvgIpc) is 2.86. The van der Waals surface area contributed by atoms with E-state index < -0.39 is 42.3 Å². The minimum atomic E-state index is -3.18. The molecule has 2 aromatic rings. The van der Waals surface area contributed by atoms with Gasteiger partial charge in [-0.3, -0.25) is 4.79 Å². The van der Waals surface area contributed by atoms with Gasteiger partial charge in [0.2, 0.25) is 0 Å². The summed E-state index contributed by atoms with van der Waals surface area (Å²) in [6.07, 6.45) is -1.99. The third kappa shape index (κ3) is 6.39. The molecule has 1 saturated carbocycles. The molecule has 206 valence electrons. The molecule has 1 fully saturated rings. The van der Waals surface area contributed by atoms with E-state index in [0.717, 1.165) is 5.56 Å². The number of amides is 2. The second-order valence-corrected chi connectivity index (χ2v) is 9.29. The van der Waals surface area contributed by atoms with Gasteiger partial charge in [-0.2, -0.15) is 0 Å². The molecule has 2 aromatic carbocycles. The normalized spacial score (nSPS) is 16.1. The third-order valence-corrected chi connectivity index (χ3v) is 6.56. The number of carboxylic acids is 1. The number of aliphatic carboxylic acids is 1. The number of urea groups is 1. The van der Waals surface area contributed by atoms with E-state index >= 15 is 0 Å². The zero-order valence-electron chi connectivity index (χ0n) is 21.8. The Kier molecular flexibility index (Phi) is 8.93. The molecule has 0 saturated heterocycles. The number of ether oxygens (including phenoxy) is 3. The first-order valence-corrected chi connectivity index (χ1v) is 12.0. The highest BCUT2D eigenvalue weighted by molar-refractivity contribution is 5.99. The van der Waals surface area contributed by atoms with Crippen molar-refractivity contribution in [3.63, 3.8) is 0 Å². The van der Waals surface area contributed by atoms with Crippen molar-refractivity contribution in [2.45, 2.75) is 50.8 Å². The number of hydrogen-bond acceptors (Lipinski definition) is 6. The van der Waals surface area contributed by atoms with Gasteiger partial charge in [0.15, 0.2) is 11.3 Å². The Balaban J connectivity index is 1.87. The maximum atomic E-state index is 13.6. The lowest BCUT2D eigenvalue weighted by Crippen LogP contribution is -2.68. The highest BCUT2D eigenvalue weighted by atomic mass is 19.3. The molecule has 9 nitrogen and oxygen atoms in total. The molecule has 38 heavy (non-hydrogen) atoms. The number of halogens is 2. The molecule has 11 heteroatoms. The smallest absolute Gasteiger partial charge is 0.329 e. The van der Waals surface area contributed by atoms with Gasteiger partial charge in [-0.1, -0.05) is 30.3 Å². The van der Waals surface area contributed by atoms with Gasteiger partial charge in [0.25, 0.3) is 5.92 Å². The lowest BCUT2D eigenvalue weighted by Gasteiger charge is -2.45. The molecule has 0 aliphatic heterocycles. The standard InChI is InChI=1S/C27H32F2N2O7/c1-17(20-12-21(36-3)23(18(2)32)22(13-20)37-4)31(10-11-38-14-19-8-6-5-7-9-19)25(35)30-26(24(33)34)15-27(28,29)16-26/h5-9,12-13,17H,10-11,14-16H2,1-4H3,(H,30,35)(H,33,34). The van der Waals surface area contributed by atoms with Gasteiger partial charge in [-0.05, 0) is 37.1 Å². The lowest BCUT2D eigenvalue weighted by molar-refractivity contribution is -0.175. The summed E-state index contributed by atoms with van der Waals surface area (Å²) in [5.74, 6) is -4.51. The Morgan fingerprint density at radius 2 is 1.66 bits per heavy atom. The molecule has 3 rings (SSSR count). The van der Waals surface area contributed by atoms with Crippen LogP contribution in [0, 0.1) is 0 Å². The van der Waals surface area contributed by atoms with Crippen LogP contribution in [-0.2, 0) is 16.1 Å². The molecule has 0 heterocycles. The Labute approximate surface area is 219 Å². The van der Waals surface area contributed by atoms with Crippen molar-refractivity contribution in [3.8, 4) is 11.5 Å². The van der Waals surface area contributed by atoms with Gasteiger partial charge in [-0.15, -0.1) is 0 Å². The summed E-state index contributed by atoms with van der Waals surface area (Å²) < 4.78 is 43.8. The van der Waals surface area contributed by atoms with Crippen LogP contribution in [0.15, 0.2) is 42.5 Å². The minimum absolute atomic E-state index is 0.0189. The zero-order chi connectivity index (χ0) is 28.1. The fraction of sp³-hybridized carbons (Fsp3) is 0.444. The van der Waals surface area contributed by atoms with E-state index in [9.17, 15) is 28.3 Å². The molecule has 1 atom stereocenters. The van der Waals surface area contributed by atoms with E-state index in [1.165, 1.54) is 26.0 Å². The van der Waals surface area contributed by atoms with Gasteiger partial charge in [0.1, 0.15) is 17.1 Å². The van der Waals surface area contributed by atoms with Crippen molar-refractivity contribution in [1.82, 2.24) is 10.2 Å². The van der Waals surface area contributed by atoms with E-state index in [1.807, 2.05) is 30.3 Å². The van der Waals surface area contributed by atoms with Crippen LogP contribution in [0.5, 0.6) is 11.5 Å². The van der Waals surface area contributed by atoms with Crippen LogP contribution >= 0.6 is 0 Å². The Bertz CT molecular complexity index is 1140. The summed E-state index contributed by atoms with van der Waals surface area (Å²) in [7, 11) is 2.79. The van der Waals surface area contributed by atoms with Crippen molar-refractivity contribution in [2.24, 2.45) is 0 Å². The summed E-state index contributed by atoms with van der Waals surface area (Å²) in [5, 5.41) is 11.9. The monoisotopic (exact) mass is 534 g/mol. The molecular weight excluding hydrogens is 502 g/mol. The Morgan fingerprint density at radius 3 is 2.13 bits per heavy atom. The first-order chi connectivity index (χ1) is 17.9. The highest BCUT2D eigenvalue weighted by Gasteiger charge is 2.62. The molecular formula is C27H32F2N2O7. The van der Waals surface area contributed by atoms with Crippen LogP contribution in [0.2, 0.25) is 0 Å². The highest BCUT2D eigenvalue weighted by Crippen LogP contribution is 2.46. The Morgan fingerprint density at radius 1 is 1.08 bits per heavy atom. The largest absolute Gasteiger partial charge is 0.496 e. The summed E-state index contributed by atoms with van der Waals surface area (Å²) >= 11 is 0. The number of benzene rings is 2. The van der Waals surface area contributed by atoms with E-state index in [1.54, 1.807) is 19.1 Å². The van der Waals surface area contributed by atoms with Crippen LogP contribution in [0.1, 0.15) is 54.2 Å². The number of carboxylic acid groups (broad SMARTS) is 1. The van der Waals surface area contributed by atoms with Gasteiger partial charge < -0.3 is 29.5 Å². The van der Waals surface area contributed by atoms with Crippen molar-refractivity contribution in [3.05, 3.63) is 59.2 Å².